The summed E-state index contributed by atoms with van der Waals surface area (Å²) in [6.07, 6.45) is -4.07. The molecule has 0 aliphatic carbocycles. The molecule has 1 rings (SSSR count). The van der Waals surface area contributed by atoms with E-state index in [1.807, 2.05) is 13.8 Å². The average molecular weight is 374 g/mol. The Morgan fingerprint density at radius 2 is 1.62 bits per heavy atom. The van der Waals surface area contributed by atoms with Gasteiger partial charge in [0.2, 0.25) is 0 Å². The van der Waals surface area contributed by atoms with Gasteiger partial charge in [-0.1, -0.05) is 13.8 Å². The van der Waals surface area contributed by atoms with Gasteiger partial charge in [-0.3, -0.25) is 0 Å². The number of benzene rings is 1. The highest BCUT2D eigenvalue weighted by Gasteiger charge is 2.30. The van der Waals surface area contributed by atoms with E-state index in [4.69, 9.17) is 4.74 Å². The summed E-state index contributed by atoms with van der Waals surface area (Å²) in [5.74, 6) is -0.437. The lowest BCUT2D eigenvalue weighted by molar-refractivity contribution is -0.157. The highest BCUT2D eigenvalue weighted by atomic mass is 19.4. The molecule has 0 aromatic heterocycles. The van der Waals surface area contributed by atoms with Gasteiger partial charge in [0.05, 0.1) is 5.56 Å². The van der Waals surface area contributed by atoms with Gasteiger partial charge in [0.15, 0.2) is 0 Å². The Morgan fingerprint density at radius 1 is 1.08 bits per heavy atom. The Bertz CT molecular complexity index is 620. The molecule has 0 aliphatic heterocycles. The molecular weight excluding hydrogens is 349 g/mol. The number of rotatable bonds is 5. The number of anilines is 1. The second-order valence-corrected chi connectivity index (χ2v) is 7.39. The maximum Gasteiger partial charge on any atom is 0.416 e. The quantitative estimate of drug-likeness (QED) is 0.741. The van der Waals surface area contributed by atoms with Gasteiger partial charge in [-0.25, -0.2) is 9.59 Å². The molecule has 0 fully saturated rings. The monoisotopic (exact) mass is 374 g/mol. The maximum atomic E-state index is 12.5. The van der Waals surface area contributed by atoms with E-state index in [9.17, 15) is 22.8 Å². The third-order valence-corrected chi connectivity index (χ3v) is 3.17. The van der Waals surface area contributed by atoms with Crippen LogP contribution in [0.1, 0.15) is 46.6 Å². The number of alkyl halides is 3. The van der Waals surface area contributed by atoms with Crippen molar-refractivity contribution >= 4 is 17.7 Å². The van der Waals surface area contributed by atoms with Crippen LogP contribution in [0.2, 0.25) is 0 Å². The highest BCUT2D eigenvalue weighted by Crippen LogP contribution is 2.29. The van der Waals surface area contributed by atoms with Crippen molar-refractivity contribution in [3.8, 4) is 0 Å². The van der Waals surface area contributed by atoms with Crippen LogP contribution in [0.5, 0.6) is 0 Å². The predicted molar refractivity (Wildman–Crippen MR) is 92.7 cm³/mol. The van der Waals surface area contributed by atoms with E-state index in [0.717, 1.165) is 24.3 Å². The Morgan fingerprint density at radius 3 is 2.04 bits per heavy atom. The summed E-state index contributed by atoms with van der Waals surface area (Å²) in [5, 5.41) is 4.93. The largest absolute Gasteiger partial charge is 0.458 e. The number of halogens is 3. The molecule has 0 saturated heterocycles. The molecule has 8 heteroatoms. The van der Waals surface area contributed by atoms with Crippen molar-refractivity contribution in [2.75, 3.05) is 5.32 Å². The van der Waals surface area contributed by atoms with Crippen molar-refractivity contribution in [2.24, 2.45) is 5.92 Å². The fourth-order valence-electron chi connectivity index (χ4n) is 2.13. The third-order valence-electron chi connectivity index (χ3n) is 3.17. The fourth-order valence-corrected chi connectivity index (χ4v) is 2.13. The first kappa shape index (κ1) is 21.8. The number of hydrogen-bond donors (Lipinski definition) is 2. The van der Waals surface area contributed by atoms with Crippen LogP contribution in [0.15, 0.2) is 24.3 Å². The van der Waals surface area contributed by atoms with E-state index in [0.29, 0.717) is 6.42 Å². The van der Waals surface area contributed by atoms with Gasteiger partial charge in [0.1, 0.15) is 11.6 Å². The van der Waals surface area contributed by atoms with E-state index >= 15 is 0 Å². The molecule has 2 amide bonds. The van der Waals surface area contributed by atoms with E-state index < -0.39 is 35.4 Å². The molecule has 1 aromatic rings. The van der Waals surface area contributed by atoms with Crippen molar-refractivity contribution in [3.05, 3.63) is 29.8 Å². The molecule has 0 heterocycles. The summed E-state index contributed by atoms with van der Waals surface area (Å²) in [6.45, 7) is 8.96. The molecule has 0 unspecified atom stereocenters. The van der Waals surface area contributed by atoms with Gasteiger partial charge in [-0.05, 0) is 57.4 Å². The Kier molecular flexibility index (Phi) is 7.06. The lowest BCUT2D eigenvalue weighted by atomic mass is 10.0. The summed E-state index contributed by atoms with van der Waals surface area (Å²) in [7, 11) is 0. The molecule has 0 saturated carbocycles. The van der Waals surface area contributed by atoms with Crippen LogP contribution < -0.4 is 10.6 Å². The number of amides is 2. The zero-order valence-corrected chi connectivity index (χ0v) is 15.5. The second kappa shape index (κ2) is 8.42. The van der Waals surface area contributed by atoms with Crippen molar-refractivity contribution < 1.29 is 27.5 Å². The summed E-state index contributed by atoms with van der Waals surface area (Å²) in [6, 6.07) is 2.48. The van der Waals surface area contributed by atoms with Crippen molar-refractivity contribution in [3.63, 3.8) is 0 Å². The molecule has 5 nitrogen and oxygen atoms in total. The minimum atomic E-state index is -4.44. The number of urea groups is 1. The van der Waals surface area contributed by atoms with Crippen molar-refractivity contribution in [1.29, 1.82) is 0 Å². The minimum absolute atomic E-state index is 0.124. The van der Waals surface area contributed by atoms with Crippen LogP contribution in [-0.4, -0.2) is 23.6 Å². The second-order valence-electron chi connectivity index (χ2n) is 7.39. The molecule has 1 aromatic carbocycles. The summed E-state index contributed by atoms with van der Waals surface area (Å²) >= 11 is 0. The average Bonchev–Trinajstić information content (AvgIpc) is 2.43. The van der Waals surface area contributed by atoms with E-state index in [1.54, 1.807) is 20.8 Å². The number of esters is 1. The Balaban J connectivity index is 2.75. The molecule has 146 valence electrons. The zero-order valence-electron chi connectivity index (χ0n) is 15.5. The molecule has 0 bridgehead atoms. The maximum absolute atomic E-state index is 12.5. The van der Waals surface area contributed by atoms with Crippen LogP contribution in [0.4, 0.5) is 23.7 Å². The normalized spacial score (nSPS) is 13.3. The number of hydrogen-bond acceptors (Lipinski definition) is 3. The highest BCUT2D eigenvalue weighted by molar-refractivity contribution is 5.92. The molecule has 0 aliphatic rings. The molecule has 0 radical (unpaired) electrons. The van der Waals surface area contributed by atoms with Gasteiger partial charge in [0.25, 0.3) is 0 Å². The molecule has 1 atom stereocenters. The minimum Gasteiger partial charge on any atom is -0.458 e. The van der Waals surface area contributed by atoms with E-state index in [1.165, 1.54) is 0 Å². The van der Waals surface area contributed by atoms with Crippen LogP contribution >= 0.6 is 0 Å². The molecule has 0 spiro atoms. The third kappa shape index (κ3) is 7.76. The summed E-state index contributed by atoms with van der Waals surface area (Å²) in [4.78, 5) is 24.4. The fraction of sp³-hybridized carbons (Fsp3) is 0.556. The van der Waals surface area contributed by atoms with Gasteiger partial charge < -0.3 is 15.4 Å². The number of nitrogens with one attached hydrogen (secondary N) is 2. The first-order valence-corrected chi connectivity index (χ1v) is 8.25. The number of carbonyl (C=O) groups is 2. The lowest BCUT2D eigenvalue weighted by Crippen LogP contribution is -2.46. The van der Waals surface area contributed by atoms with Crippen LogP contribution in [-0.2, 0) is 15.7 Å². The Labute approximate surface area is 151 Å². The molecule has 2 N–H and O–H groups in total. The van der Waals surface area contributed by atoms with Crippen molar-refractivity contribution in [1.82, 2.24) is 5.32 Å². The predicted octanol–water partition coefficient (Wildman–Crippen LogP) is 4.58. The SMILES string of the molecule is CC(C)C[C@H](NC(=O)Nc1ccc(C(F)(F)F)cc1)C(=O)OC(C)(C)C. The molecular formula is C18H25F3N2O3. The zero-order chi connectivity index (χ0) is 20.1. The van der Waals surface area contributed by atoms with E-state index in [2.05, 4.69) is 10.6 Å². The molecule has 26 heavy (non-hydrogen) atoms. The van der Waals surface area contributed by atoms with Crippen LogP contribution in [0.25, 0.3) is 0 Å². The van der Waals surface area contributed by atoms with Gasteiger partial charge >= 0.3 is 18.2 Å². The van der Waals surface area contributed by atoms with E-state index in [-0.39, 0.29) is 11.6 Å². The summed E-state index contributed by atoms with van der Waals surface area (Å²) in [5.41, 5.74) is -1.32. The lowest BCUT2D eigenvalue weighted by Gasteiger charge is -2.25. The van der Waals surface area contributed by atoms with Gasteiger partial charge in [-0.15, -0.1) is 0 Å². The number of carbonyl (C=O) groups excluding carboxylic acids is 2. The standard InChI is InChI=1S/C18H25F3N2O3/c1-11(2)10-14(15(24)26-17(3,4)5)23-16(25)22-13-8-6-12(7-9-13)18(19,20)21/h6-9,11,14H,10H2,1-5H3,(H2,22,23,25)/t14-/m0/s1. The first-order valence-electron chi connectivity index (χ1n) is 8.25. The van der Waals surface area contributed by atoms with Crippen molar-refractivity contribution in [2.45, 2.75) is 58.9 Å². The Hall–Kier alpha value is -2.25. The van der Waals surface area contributed by atoms with Crippen LogP contribution in [0.3, 0.4) is 0 Å². The first-order chi connectivity index (χ1) is 11.8. The van der Waals surface area contributed by atoms with Crippen LogP contribution in [0, 0.1) is 5.92 Å². The van der Waals surface area contributed by atoms with Gasteiger partial charge in [-0.2, -0.15) is 13.2 Å². The van der Waals surface area contributed by atoms with Gasteiger partial charge in [0, 0.05) is 5.69 Å². The summed E-state index contributed by atoms with van der Waals surface area (Å²) < 4.78 is 42.9. The smallest absolute Gasteiger partial charge is 0.416 e. The number of ether oxygens (including phenoxy) is 1. The topological polar surface area (TPSA) is 67.4 Å².